The molecular formula is C17H31NO. The second-order valence-corrected chi connectivity index (χ2v) is 3.87. The second kappa shape index (κ2) is 16.7. The molecule has 1 amide bonds. The molecule has 0 aliphatic heterocycles. The summed E-state index contributed by atoms with van der Waals surface area (Å²) in [5.74, 6) is -0.182. The summed E-state index contributed by atoms with van der Waals surface area (Å²) in [4.78, 5) is 10.5. The Kier molecular flexibility index (Phi) is 17.6. The van der Waals surface area contributed by atoms with Gasteiger partial charge in [0.1, 0.15) is 0 Å². The number of hydrogen-bond acceptors (Lipinski definition) is 1. The predicted molar refractivity (Wildman–Crippen MR) is 85.1 cm³/mol. The summed E-state index contributed by atoms with van der Waals surface area (Å²) in [6.07, 6.45) is 6.09. The number of benzene rings is 1. The van der Waals surface area contributed by atoms with Gasteiger partial charge in [0, 0.05) is 6.42 Å². The van der Waals surface area contributed by atoms with Crippen LogP contribution in [0.1, 0.15) is 65.4 Å². The van der Waals surface area contributed by atoms with Crippen LogP contribution in [0.2, 0.25) is 0 Å². The van der Waals surface area contributed by atoms with Crippen LogP contribution in [0.25, 0.3) is 0 Å². The zero-order chi connectivity index (χ0) is 14.9. The number of rotatable bonds is 7. The van der Waals surface area contributed by atoms with E-state index in [9.17, 15) is 4.79 Å². The van der Waals surface area contributed by atoms with Gasteiger partial charge in [0.25, 0.3) is 0 Å². The molecule has 0 spiro atoms. The van der Waals surface area contributed by atoms with Crippen LogP contribution in [-0.2, 0) is 11.2 Å². The minimum Gasteiger partial charge on any atom is -0.370 e. The molecule has 2 N–H and O–H groups in total. The van der Waals surface area contributed by atoms with Gasteiger partial charge in [-0.25, -0.2) is 0 Å². The van der Waals surface area contributed by atoms with E-state index in [0.717, 1.165) is 19.3 Å². The van der Waals surface area contributed by atoms with Crippen molar-refractivity contribution in [3.8, 4) is 0 Å². The quantitative estimate of drug-likeness (QED) is 0.712. The molecule has 0 aromatic heterocycles. The topological polar surface area (TPSA) is 43.1 Å². The number of unbranched alkanes of at least 4 members (excludes halogenated alkanes) is 3. The predicted octanol–water partition coefficient (Wildman–Crippen LogP) is 4.72. The van der Waals surface area contributed by atoms with E-state index < -0.39 is 0 Å². The van der Waals surface area contributed by atoms with E-state index in [2.05, 4.69) is 24.3 Å². The molecule has 0 unspecified atom stereocenters. The van der Waals surface area contributed by atoms with E-state index >= 15 is 0 Å². The van der Waals surface area contributed by atoms with E-state index in [1.165, 1.54) is 18.4 Å². The lowest BCUT2D eigenvalue weighted by atomic mass is 10.1. The summed E-state index contributed by atoms with van der Waals surface area (Å²) < 4.78 is 0. The van der Waals surface area contributed by atoms with E-state index in [0.29, 0.717) is 6.42 Å². The summed E-state index contributed by atoms with van der Waals surface area (Å²) in [6.45, 7) is 8.00. The molecular weight excluding hydrogens is 234 g/mol. The van der Waals surface area contributed by atoms with Gasteiger partial charge in [-0.05, 0) is 24.8 Å². The molecule has 0 heterocycles. The largest absolute Gasteiger partial charge is 0.370 e. The van der Waals surface area contributed by atoms with Gasteiger partial charge in [0.2, 0.25) is 5.91 Å². The molecule has 0 aliphatic carbocycles. The monoisotopic (exact) mass is 265 g/mol. The van der Waals surface area contributed by atoms with Crippen LogP contribution in [-0.4, -0.2) is 5.91 Å². The van der Waals surface area contributed by atoms with Crippen LogP contribution in [0.4, 0.5) is 0 Å². The van der Waals surface area contributed by atoms with Crippen molar-refractivity contribution in [2.45, 2.75) is 66.2 Å². The first-order valence-corrected chi connectivity index (χ1v) is 7.61. The minimum absolute atomic E-state index is 0.182. The number of hydrogen-bond donors (Lipinski definition) is 1. The lowest BCUT2D eigenvalue weighted by Crippen LogP contribution is -2.09. The Hall–Kier alpha value is -1.31. The van der Waals surface area contributed by atoms with E-state index in [1.54, 1.807) is 0 Å². The van der Waals surface area contributed by atoms with Gasteiger partial charge in [0.15, 0.2) is 0 Å². The van der Waals surface area contributed by atoms with Gasteiger partial charge >= 0.3 is 0 Å². The molecule has 0 atom stereocenters. The van der Waals surface area contributed by atoms with Crippen LogP contribution in [0.5, 0.6) is 0 Å². The zero-order valence-corrected chi connectivity index (χ0v) is 13.1. The molecule has 0 fully saturated rings. The number of amides is 1. The molecule has 2 nitrogen and oxygen atoms in total. The van der Waals surface area contributed by atoms with E-state index in [-0.39, 0.29) is 5.91 Å². The normalized spacial score (nSPS) is 8.63. The molecule has 0 radical (unpaired) electrons. The van der Waals surface area contributed by atoms with Crippen molar-refractivity contribution < 1.29 is 4.79 Å². The van der Waals surface area contributed by atoms with Crippen LogP contribution < -0.4 is 5.73 Å². The highest BCUT2D eigenvalue weighted by Crippen LogP contribution is 2.08. The van der Waals surface area contributed by atoms with Gasteiger partial charge in [-0.15, -0.1) is 0 Å². The fraction of sp³-hybridized carbons (Fsp3) is 0.588. The van der Waals surface area contributed by atoms with Crippen molar-refractivity contribution >= 4 is 5.91 Å². The molecule has 1 aromatic carbocycles. The highest BCUT2D eigenvalue weighted by molar-refractivity contribution is 5.73. The maximum absolute atomic E-state index is 10.5. The SMILES string of the molecule is CC.CC.NC(=O)CCCCCCc1ccccc1. The van der Waals surface area contributed by atoms with Crippen molar-refractivity contribution in [2.24, 2.45) is 5.73 Å². The Labute approximate surface area is 119 Å². The smallest absolute Gasteiger partial charge is 0.217 e. The number of carbonyl (C=O) groups is 1. The minimum atomic E-state index is -0.182. The molecule has 0 bridgehead atoms. The van der Waals surface area contributed by atoms with Gasteiger partial charge in [-0.2, -0.15) is 0 Å². The second-order valence-electron chi connectivity index (χ2n) is 3.87. The third-order valence-electron chi connectivity index (χ3n) is 2.48. The van der Waals surface area contributed by atoms with Gasteiger partial charge in [-0.3, -0.25) is 4.79 Å². The molecule has 0 saturated heterocycles. The molecule has 19 heavy (non-hydrogen) atoms. The molecule has 0 saturated carbocycles. The number of carbonyl (C=O) groups excluding carboxylic acids is 1. The molecule has 2 heteroatoms. The fourth-order valence-electron chi connectivity index (χ4n) is 1.63. The van der Waals surface area contributed by atoms with Crippen LogP contribution in [0, 0.1) is 0 Å². The Balaban J connectivity index is 0. The average molecular weight is 265 g/mol. The van der Waals surface area contributed by atoms with Crippen molar-refractivity contribution in [3.05, 3.63) is 35.9 Å². The highest BCUT2D eigenvalue weighted by Gasteiger charge is 1.95. The Morgan fingerprint density at radius 2 is 1.42 bits per heavy atom. The average Bonchev–Trinajstić information content (AvgIpc) is 2.48. The third-order valence-corrected chi connectivity index (χ3v) is 2.48. The summed E-state index contributed by atoms with van der Waals surface area (Å²) in [5, 5.41) is 0. The number of nitrogens with two attached hydrogens (primary N) is 1. The van der Waals surface area contributed by atoms with Crippen LogP contribution in [0.15, 0.2) is 30.3 Å². The van der Waals surface area contributed by atoms with Gasteiger partial charge < -0.3 is 5.73 Å². The first-order valence-electron chi connectivity index (χ1n) is 7.61. The molecule has 1 rings (SSSR count). The summed E-state index contributed by atoms with van der Waals surface area (Å²) in [7, 11) is 0. The van der Waals surface area contributed by atoms with Crippen molar-refractivity contribution in [1.29, 1.82) is 0 Å². The Bertz CT molecular complexity index is 283. The summed E-state index contributed by atoms with van der Waals surface area (Å²) >= 11 is 0. The van der Waals surface area contributed by atoms with Crippen LogP contribution >= 0.6 is 0 Å². The molecule has 0 aliphatic rings. The number of primary amides is 1. The molecule has 1 aromatic rings. The maximum atomic E-state index is 10.5. The van der Waals surface area contributed by atoms with Gasteiger partial charge in [-0.1, -0.05) is 70.9 Å². The van der Waals surface area contributed by atoms with Crippen molar-refractivity contribution in [1.82, 2.24) is 0 Å². The maximum Gasteiger partial charge on any atom is 0.217 e. The zero-order valence-electron chi connectivity index (χ0n) is 13.1. The van der Waals surface area contributed by atoms with E-state index in [4.69, 9.17) is 5.73 Å². The lowest BCUT2D eigenvalue weighted by Gasteiger charge is -2.01. The fourth-order valence-corrected chi connectivity index (χ4v) is 1.63. The van der Waals surface area contributed by atoms with Crippen molar-refractivity contribution in [2.75, 3.05) is 0 Å². The summed E-state index contributed by atoms with van der Waals surface area (Å²) in [5.41, 5.74) is 6.46. The first-order chi connectivity index (χ1) is 9.29. The number of aryl methyl sites for hydroxylation is 1. The highest BCUT2D eigenvalue weighted by atomic mass is 16.1. The van der Waals surface area contributed by atoms with E-state index in [1.807, 2.05) is 33.8 Å². The lowest BCUT2D eigenvalue weighted by molar-refractivity contribution is -0.118. The Morgan fingerprint density at radius 1 is 0.895 bits per heavy atom. The standard InChI is InChI=1S/C13H19NO.2C2H6/c14-13(15)11-7-2-1-4-8-12-9-5-3-6-10-12;2*1-2/h3,5-6,9-10H,1-2,4,7-8,11H2,(H2,14,15);2*1-2H3. The summed E-state index contributed by atoms with van der Waals surface area (Å²) in [6, 6.07) is 10.5. The third kappa shape index (κ3) is 14.6. The van der Waals surface area contributed by atoms with Crippen molar-refractivity contribution in [3.63, 3.8) is 0 Å². The Morgan fingerprint density at radius 3 is 1.95 bits per heavy atom. The molecule has 110 valence electrons. The van der Waals surface area contributed by atoms with Gasteiger partial charge in [0.05, 0.1) is 0 Å². The van der Waals surface area contributed by atoms with Crippen LogP contribution in [0.3, 0.4) is 0 Å². The first kappa shape index (κ1) is 20.0.